The molecule has 0 bridgehead atoms. The van der Waals surface area contributed by atoms with Crippen molar-refractivity contribution in [3.05, 3.63) is 29.6 Å². The summed E-state index contributed by atoms with van der Waals surface area (Å²) in [5.41, 5.74) is 1.80. The van der Waals surface area contributed by atoms with Crippen molar-refractivity contribution in [1.82, 2.24) is 20.3 Å². The lowest BCUT2D eigenvalue weighted by Crippen LogP contribution is -2.37. The number of ether oxygens (including phenoxy) is 3. The molecule has 1 aromatic carbocycles. The van der Waals surface area contributed by atoms with Crippen molar-refractivity contribution in [2.24, 2.45) is 5.92 Å². The second-order valence-corrected chi connectivity index (χ2v) is 7.57. The van der Waals surface area contributed by atoms with E-state index in [0.717, 1.165) is 18.5 Å². The van der Waals surface area contributed by atoms with Crippen molar-refractivity contribution in [2.75, 3.05) is 19.8 Å². The summed E-state index contributed by atoms with van der Waals surface area (Å²) in [6.45, 7) is 7.67. The molecule has 1 N–H and O–H groups in total. The third-order valence-corrected chi connectivity index (χ3v) is 5.23. The summed E-state index contributed by atoms with van der Waals surface area (Å²) < 4.78 is 18.6. The van der Waals surface area contributed by atoms with Crippen molar-refractivity contribution in [2.45, 2.75) is 45.8 Å². The average Bonchev–Trinajstić information content (AvgIpc) is 3.06. The Labute approximate surface area is 164 Å². The second kappa shape index (κ2) is 7.79. The minimum atomic E-state index is -0.201. The predicted octanol–water partition coefficient (Wildman–Crippen LogP) is 2.28. The Morgan fingerprint density at radius 1 is 1.18 bits per heavy atom. The molecule has 2 aliphatic rings. The van der Waals surface area contributed by atoms with Gasteiger partial charge in [0, 0.05) is 12.6 Å². The minimum Gasteiger partial charge on any atom is -0.486 e. The quantitative estimate of drug-likeness (QED) is 0.867. The van der Waals surface area contributed by atoms with E-state index < -0.39 is 0 Å². The van der Waals surface area contributed by atoms with E-state index >= 15 is 0 Å². The molecule has 3 heterocycles. The van der Waals surface area contributed by atoms with Crippen LogP contribution in [0.2, 0.25) is 0 Å². The summed E-state index contributed by atoms with van der Waals surface area (Å²) in [5.74, 6) is 1.60. The zero-order valence-corrected chi connectivity index (χ0v) is 16.5. The summed E-state index contributed by atoms with van der Waals surface area (Å²) in [6, 6.07) is 5.57. The molecular weight excluding hydrogens is 360 g/mol. The molecule has 4 rings (SSSR count). The molecule has 0 saturated carbocycles. The van der Waals surface area contributed by atoms with Crippen LogP contribution < -0.4 is 14.8 Å². The van der Waals surface area contributed by atoms with Gasteiger partial charge in [0.2, 0.25) is 0 Å². The fraction of sp³-hybridized carbons (Fsp3) is 0.550. The van der Waals surface area contributed by atoms with Gasteiger partial charge in [-0.25, -0.2) is 4.68 Å². The first-order chi connectivity index (χ1) is 13.5. The molecule has 8 heteroatoms. The van der Waals surface area contributed by atoms with Crippen molar-refractivity contribution < 1.29 is 19.0 Å². The Morgan fingerprint density at radius 3 is 2.64 bits per heavy atom. The van der Waals surface area contributed by atoms with Crippen LogP contribution in [0.4, 0.5) is 0 Å². The monoisotopic (exact) mass is 386 g/mol. The number of carbonyl (C=O) groups is 1. The summed E-state index contributed by atoms with van der Waals surface area (Å²) in [7, 11) is 0. The number of fused-ring (bicyclic) bond motifs is 1. The summed E-state index contributed by atoms with van der Waals surface area (Å²) in [5, 5.41) is 11.3. The number of amides is 1. The smallest absolute Gasteiger partial charge is 0.273 e. The highest BCUT2D eigenvalue weighted by molar-refractivity contribution is 5.93. The lowest BCUT2D eigenvalue weighted by Gasteiger charge is -2.32. The molecule has 2 aromatic rings. The van der Waals surface area contributed by atoms with E-state index in [2.05, 4.69) is 29.5 Å². The van der Waals surface area contributed by atoms with E-state index in [4.69, 9.17) is 14.2 Å². The number of benzene rings is 1. The first-order valence-electron chi connectivity index (χ1n) is 9.77. The molecule has 0 radical (unpaired) electrons. The largest absolute Gasteiger partial charge is 0.486 e. The second-order valence-electron chi connectivity index (χ2n) is 7.57. The van der Waals surface area contributed by atoms with Gasteiger partial charge >= 0.3 is 0 Å². The Kier molecular flexibility index (Phi) is 5.21. The molecule has 1 aromatic heterocycles. The van der Waals surface area contributed by atoms with Gasteiger partial charge in [0.25, 0.3) is 5.91 Å². The molecule has 150 valence electrons. The first kappa shape index (κ1) is 18.7. The molecule has 1 fully saturated rings. The highest BCUT2D eigenvalue weighted by Gasteiger charge is 2.26. The molecule has 8 nitrogen and oxygen atoms in total. The topological polar surface area (TPSA) is 87.5 Å². The van der Waals surface area contributed by atoms with Gasteiger partial charge in [-0.1, -0.05) is 5.21 Å². The fourth-order valence-electron chi connectivity index (χ4n) is 3.98. The van der Waals surface area contributed by atoms with Gasteiger partial charge in [0.15, 0.2) is 17.2 Å². The highest BCUT2D eigenvalue weighted by Crippen LogP contribution is 2.32. The van der Waals surface area contributed by atoms with Crippen molar-refractivity contribution in [3.63, 3.8) is 0 Å². The Hall–Kier alpha value is -2.61. The van der Waals surface area contributed by atoms with Gasteiger partial charge in [-0.3, -0.25) is 4.79 Å². The maximum absolute atomic E-state index is 12.6. The number of aromatic nitrogens is 3. The number of carbonyl (C=O) groups excluding carboxylic acids is 1. The lowest BCUT2D eigenvalue weighted by atomic mass is 9.92. The first-order valence-corrected chi connectivity index (χ1v) is 9.77. The number of nitrogens with one attached hydrogen (secondary N) is 1. The average molecular weight is 386 g/mol. The van der Waals surface area contributed by atoms with Gasteiger partial charge in [0.1, 0.15) is 13.2 Å². The van der Waals surface area contributed by atoms with Crippen LogP contribution in [0, 0.1) is 12.8 Å². The van der Waals surface area contributed by atoms with Crippen LogP contribution in [0.5, 0.6) is 11.5 Å². The number of nitrogens with zero attached hydrogens (tertiary/aromatic N) is 3. The highest BCUT2D eigenvalue weighted by atomic mass is 16.6. The van der Waals surface area contributed by atoms with E-state index in [1.54, 1.807) is 4.68 Å². The Morgan fingerprint density at radius 2 is 1.89 bits per heavy atom. The number of rotatable bonds is 4. The SMILES string of the molecule is Cc1c(C(=O)NCC2C[C@@H](C)O[C@H](C)C2)nnn1-c1ccc2c(c1)OCCO2. The van der Waals surface area contributed by atoms with Crippen LogP contribution in [0.3, 0.4) is 0 Å². The van der Waals surface area contributed by atoms with Crippen molar-refractivity contribution in [1.29, 1.82) is 0 Å². The van der Waals surface area contributed by atoms with E-state index in [9.17, 15) is 4.79 Å². The third-order valence-electron chi connectivity index (χ3n) is 5.23. The molecule has 28 heavy (non-hydrogen) atoms. The predicted molar refractivity (Wildman–Crippen MR) is 102 cm³/mol. The van der Waals surface area contributed by atoms with Crippen LogP contribution in [-0.2, 0) is 4.74 Å². The van der Waals surface area contributed by atoms with Crippen LogP contribution in [0.25, 0.3) is 5.69 Å². The van der Waals surface area contributed by atoms with Crippen LogP contribution in [0.15, 0.2) is 18.2 Å². The number of hydrogen-bond donors (Lipinski definition) is 1. The number of hydrogen-bond acceptors (Lipinski definition) is 6. The van der Waals surface area contributed by atoms with Gasteiger partial charge in [-0.15, -0.1) is 5.10 Å². The van der Waals surface area contributed by atoms with E-state index in [1.165, 1.54) is 0 Å². The maximum Gasteiger partial charge on any atom is 0.273 e. The van der Waals surface area contributed by atoms with Crippen LogP contribution in [0.1, 0.15) is 42.9 Å². The van der Waals surface area contributed by atoms with Crippen molar-refractivity contribution in [3.8, 4) is 17.2 Å². The van der Waals surface area contributed by atoms with Gasteiger partial charge < -0.3 is 19.5 Å². The summed E-state index contributed by atoms with van der Waals surface area (Å²) >= 11 is 0. The zero-order chi connectivity index (χ0) is 19.7. The van der Waals surface area contributed by atoms with Gasteiger partial charge in [0.05, 0.1) is 23.6 Å². The summed E-state index contributed by atoms with van der Waals surface area (Å²) in [6.07, 6.45) is 2.35. The molecule has 1 amide bonds. The Balaban J connectivity index is 1.45. The van der Waals surface area contributed by atoms with Crippen LogP contribution >= 0.6 is 0 Å². The normalized spacial score (nSPS) is 24.0. The van der Waals surface area contributed by atoms with E-state index in [0.29, 0.717) is 48.6 Å². The molecule has 1 saturated heterocycles. The minimum absolute atomic E-state index is 0.201. The molecule has 0 spiro atoms. The van der Waals surface area contributed by atoms with E-state index in [-0.39, 0.29) is 18.1 Å². The summed E-state index contributed by atoms with van der Waals surface area (Å²) in [4.78, 5) is 12.6. The molecular formula is C20H26N4O4. The molecule has 2 aliphatic heterocycles. The lowest BCUT2D eigenvalue weighted by molar-refractivity contribution is -0.0513. The molecule has 0 unspecified atom stereocenters. The molecule has 0 aliphatic carbocycles. The maximum atomic E-state index is 12.6. The van der Waals surface area contributed by atoms with E-state index in [1.807, 2.05) is 25.1 Å². The van der Waals surface area contributed by atoms with Gasteiger partial charge in [-0.05, 0) is 51.7 Å². The van der Waals surface area contributed by atoms with Gasteiger partial charge in [-0.2, -0.15) is 0 Å². The molecule has 2 atom stereocenters. The third kappa shape index (κ3) is 3.82. The fourth-order valence-corrected chi connectivity index (χ4v) is 3.98. The van der Waals surface area contributed by atoms with Crippen LogP contribution in [-0.4, -0.2) is 52.9 Å². The standard InChI is InChI=1S/C20H26N4O4/c1-12-8-15(9-13(2)28-12)11-21-20(25)19-14(3)24(23-22-19)16-4-5-17-18(10-16)27-7-6-26-17/h4-5,10,12-13,15H,6-9,11H2,1-3H3,(H,21,25)/t12-,13-/m1/s1. The van der Waals surface area contributed by atoms with Crippen molar-refractivity contribution >= 4 is 5.91 Å². The Bertz CT molecular complexity index is 856. The zero-order valence-electron chi connectivity index (χ0n) is 16.5.